The van der Waals surface area contributed by atoms with Crippen LogP contribution in [0.3, 0.4) is 0 Å². The van der Waals surface area contributed by atoms with Gasteiger partial charge in [0.15, 0.2) is 6.10 Å². The maximum absolute atomic E-state index is 12.9. The van der Waals surface area contributed by atoms with E-state index in [9.17, 15) is 9.59 Å². The average Bonchev–Trinajstić information content (AvgIpc) is 2.53. The van der Waals surface area contributed by atoms with Crippen LogP contribution >= 0.6 is 11.6 Å². The van der Waals surface area contributed by atoms with Crippen LogP contribution in [0.4, 0.5) is 5.69 Å². The molecule has 4 aliphatic carbocycles. The molecule has 0 unspecified atom stereocenters. The monoisotopic (exact) mass is 361 g/mol. The summed E-state index contributed by atoms with van der Waals surface area (Å²) in [5, 5.41) is 3.31. The third-order valence-electron chi connectivity index (χ3n) is 6.22. The van der Waals surface area contributed by atoms with Gasteiger partial charge in [-0.1, -0.05) is 17.7 Å². The molecule has 5 heteroatoms. The molecular weight excluding hydrogens is 338 g/mol. The Morgan fingerprint density at radius 1 is 1.16 bits per heavy atom. The van der Waals surface area contributed by atoms with Crippen molar-refractivity contribution < 1.29 is 14.3 Å². The summed E-state index contributed by atoms with van der Waals surface area (Å²) in [5.74, 6) is 1.54. The number of amides is 1. The minimum Gasteiger partial charge on any atom is -0.452 e. The van der Waals surface area contributed by atoms with Crippen molar-refractivity contribution in [1.29, 1.82) is 0 Å². The van der Waals surface area contributed by atoms with Gasteiger partial charge in [0, 0.05) is 10.7 Å². The van der Waals surface area contributed by atoms with Crippen LogP contribution in [0.15, 0.2) is 24.3 Å². The van der Waals surface area contributed by atoms with Crippen LogP contribution in [0, 0.1) is 23.2 Å². The van der Waals surface area contributed by atoms with Gasteiger partial charge in [-0.05, 0) is 81.4 Å². The summed E-state index contributed by atoms with van der Waals surface area (Å²) in [5.41, 5.74) is 0.273. The minimum atomic E-state index is -0.806. The van der Waals surface area contributed by atoms with Crippen LogP contribution in [0.25, 0.3) is 0 Å². The summed E-state index contributed by atoms with van der Waals surface area (Å²) in [6, 6.07) is 6.95. The Labute approximate surface area is 153 Å². The Morgan fingerprint density at radius 2 is 1.76 bits per heavy atom. The predicted octanol–water partition coefficient (Wildman–Crippen LogP) is 4.43. The number of benzene rings is 1. The summed E-state index contributed by atoms with van der Waals surface area (Å²) in [4.78, 5) is 25.2. The van der Waals surface area contributed by atoms with Gasteiger partial charge < -0.3 is 10.1 Å². The number of esters is 1. The molecular formula is C20H24ClNO3. The molecule has 0 radical (unpaired) electrons. The highest BCUT2D eigenvalue weighted by Crippen LogP contribution is 2.60. The van der Waals surface area contributed by atoms with Gasteiger partial charge in [0.25, 0.3) is 5.91 Å². The molecule has 25 heavy (non-hydrogen) atoms. The maximum Gasteiger partial charge on any atom is 0.312 e. The normalized spacial score (nSPS) is 33.8. The molecule has 4 saturated carbocycles. The van der Waals surface area contributed by atoms with Gasteiger partial charge in [-0.25, -0.2) is 0 Å². The Bertz CT molecular complexity index is 667. The summed E-state index contributed by atoms with van der Waals surface area (Å²) < 4.78 is 5.62. The first-order valence-corrected chi connectivity index (χ1v) is 9.59. The minimum absolute atomic E-state index is 0.166. The third-order valence-corrected chi connectivity index (χ3v) is 6.45. The number of anilines is 1. The van der Waals surface area contributed by atoms with Crippen molar-refractivity contribution in [3.8, 4) is 0 Å². The van der Waals surface area contributed by atoms with Crippen molar-refractivity contribution in [3.05, 3.63) is 29.3 Å². The van der Waals surface area contributed by atoms with E-state index in [1.807, 2.05) is 0 Å². The molecule has 4 fully saturated rings. The van der Waals surface area contributed by atoms with E-state index >= 15 is 0 Å². The second-order valence-corrected chi connectivity index (χ2v) is 8.68. The van der Waals surface area contributed by atoms with Gasteiger partial charge >= 0.3 is 5.97 Å². The van der Waals surface area contributed by atoms with Crippen LogP contribution in [-0.2, 0) is 14.3 Å². The van der Waals surface area contributed by atoms with Crippen molar-refractivity contribution in [3.63, 3.8) is 0 Å². The Kier molecular flexibility index (Phi) is 4.27. The fourth-order valence-electron chi connectivity index (χ4n) is 5.51. The van der Waals surface area contributed by atoms with Crippen molar-refractivity contribution >= 4 is 29.2 Å². The number of carbonyl (C=O) groups excluding carboxylic acids is 2. The molecule has 0 aromatic heterocycles. The first kappa shape index (κ1) is 16.9. The van der Waals surface area contributed by atoms with Gasteiger partial charge in [0.1, 0.15) is 0 Å². The highest BCUT2D eigenvalue weighted by molar-refractivity contribution is 6.30. The quantitative estimate of drug-likeness (QED) is 0.807. The van der Waals surface area contributed by atoms with Crippen molar-refractivity contribution in [2.24, 2.45) is 23.2 Å². The number of ether oxygens (including phenoxy) is 1. The van der Waals surface area contributed by atoms with Gasteiger partial charge in [0.05, 0.1) is 5.41 Å². The number of hydrogen-bond donors (Lipinski definition) is 1. The number of rotatable bonds is 4. The fourth-order valence-corrected chi connectivity index (χ4v) is 5.70. The Hall–Kier alpha value is -1.55. The molecule has 4 bridgehead atoms. The number of halogens is 1. The summed E-state index contributed by atoms with van der Waals surface area (Å²) >= 11 is 5.93. The van der Waals surface area contributed by atoms with Crippen LogP contribution in [0.5, 0.6) is 0 Å². The highest BCUT2D eigenvalue weighted by Gasteiger charge is 2.55. The van der Waals surface area contributed by atoms with Gasteiger partial charge in [-0.15, -0.1) is 0 Å². The van der Waals surface area contributed by atoms with E-state index in [1.165, 1.54) is 19.3 Å². The molecule has 1 N–H and O–H groups in total. The molecule has 4 aliphatic rings. The van der Waals surface area contributed by atoms with E-state index < -0.39 is 6.10 Å². The molecule has 0 saturated heterocycles. The third kappa shape index (κ3) is 3.29. The van der Waals surface area contributed by atoms with Crippen LogP contribution in [0.1, 0.15) is 45.4 Å². The zero-order valence-corrected chi connectivity index (χ0v) is 15.2. The summed E-state index contributed by atoms with van der Waals surface area (Å²) in [6.45, 7) is 1.64. The molecule has 1 atom stereocenters. The van der Waals surface area contributed by atoms with Crippen molar-refractivity contribution in [1.82, 2.24) is 0 Å². The topological polar surface area (TPSA) is 55.4 Å². The fraction of sp³-hybridized carbons (Fsp3) is 0.600. The van der Waals surface area contributed by atoms with Crippen molar-refractivity contribution in [2.75, 3.05) is 5.32 Å². The SMILES string of the molecule is C[C@H](OC(=O)C12CC3CC(CC(C3)C1)C2)C(=O)Nc1cccc(Cl)c1. The predicted molar refractivity (Wildman–Crippen MR) is 96.2 cm³/mol. The first-order valence-electron chi connectivity index (χ1n) is 9.21. The lowest BCUT2D eigenvalue weighted by atomic mass is 9.49. The molecule has 1 amide bonds. The Balaban J connectivity index is 1.39. The lowest BCUT2D eigenvalue weighted by Crippen LogP contribution is -2.51. The van der Waals surface area contributed by atoms with Gasteiger partial charge in [-0.3, -0.25) is 9.59 Å². The lowest BCUT2D eigenvalue weighted by Gasteiger charge is -2.55. The molecule has 0 spiro atoms. The zero-order chi connectivity index (χ0) is 17.6. The van der Waals surface area contributed by atoms with Crippen LogP contribution < -0.4 is 5.32 Å². The summed E-state index contributed by atoms with van der Waals surface area (Å²) in [6.07, 6.45) is 5.85. The second kappa shape index (κ2) is 6.31. The molecule has 0 heterocycles. The lowest BCUT2D eigenvalue weighted by molar-refractivity contribution is -0.177. The maximum atomic E-state index is 12.9. The average molecular weight is 362 g/mol. The van der Waals surface area contributed by atoms with E-state index in [2.05, 4.69) is 5.32 Å². The molecule has 1 aromatic rings. The van der Waals surface area contributed by atoms with Crippen LogP contribution in [0.2, 0.25) is 5.02 Å². The molecule has 0 aliphatic heterocycles. The molecule has 4 nitrogen and oxygen atoms in total. The van der Waals surface area contributed by atoms with E-state index in [0.717, 1.165) is 19.3 Å². The van der Waals surface area contributed by atoms with Gasteiger partial charge in [0.2, 0.25) is 0 Å². The zero-order valence-electron chi connectivity index (χ0n) is 14.5. The van der Waals surface area contributed by atoms with Crippen LogP contribution in [-0.4, -0.2) is 18.0 Å². The second-order valence-electron chi connectivity index (χ2n) is 8.25. The number of nitrogens with one attached hydrogen (secondary N) is 1. The van der Waals surface area contributed by atoms with E-state index in [4.69, 9.17) is 16.3 Å². The van der Waals surface area contributed by atoms with E-state index in [1.54, 1.807) is 31.2 Å². The van der Waals surface area contributed by atoms with Crippen molar-refractivity contribution in [2.45, 2.75) is 51.6 Å². The first-order chi connectivity index (χ1) is 11.9. The largest absolute Gasteiger partial charge is 0.452 e. The smallest absolute Gasteiger partial charge is 0.312 e. The van der Waals surface area contributed by atoms with Gasteiger partial charge in [-0.2, -0.15) is 0 Å². The molecule has 134 valence electrons. The number of carbonyl (C=O) groups is 2. The highest BCUT2D eigenvalue weighted by atomic mass is 35.5. The standard InChI is InChI=1S/C20H24ClNO3/c1-12(18(23)22-17-4-2-3-16(21)8-17)25-19(24)20-9-13-5-14(10-20)7-15(6-13)11-20/h2-4,8,12-15H,5-7,9-11H2,1H3,(H,22,23)/t12-,13?,14?,15?,20?/m0/s1. The molecule has 5 rings (SSSR count). The van der Waals surface area contributed by atoms with E-state index in [-0.39, 0.29) is 17.3 Å². The van der Waals surface area contributed by atoms with E-state index in [0.29, 0.717) is 28.5 Å². The Morgan fingerprint density at radius 3 is 2.32 bits per heavy atom. The molecule has 1 aromatic carbocycles. The summed E-state index contributed by atoms with van der Waals surface area (Å²) in [7, 11) is 0. The number of hydrogen-bond acceptors (Lipinski definition) is 3.